The number of aromatic nitrogens is 2. The lowest BCUT2D eigenvalue weighted by atomic mass is 10.1. The summed E-state index contributed by atoms with van der Waals surface area (Å²) < 4.78 is 0. The molecule has 2 heterocycles. The van der Waals surface area contributed by atoms with Gasteiger partial charge < -0.3 is 5.11 Å². The van der Waals surface area contributed by atoms with Gasteiger partial charge in [0.25, 0.3) is 0 Å². The third kappa shape index (κ3) is 2.55. The van der Waals surface area contributed by atoms with Crippen molar-refractivity contribution in [2.75, 3.05) is 0 Å². The average Bonchev–Trinajstić information content (AvgIpc) is 2.94. The Labute approximate surface area is 125 Å². The standard InChI is InChI=1S/C16H12N2O2S/c1-10-5-2-3-7-12(10)13-14(16(19)20)21-15(18-13)11-6-4-8-17-9-11/h2-9H,1H3,(H,19,20). The third-order valence-electron chi connectivity index (χ3n) is 3.13. The minimum absolute atomic E-state index is 0.253. The van der Waals surface area contributed by atoms with Gasteiger partial charge in [-0.05, 0) is 24.6 Å². The van der Waals surface area contributed by atoms with Gasteiger partial charge in [0.2, 0.25) is 0 Å². The van der Waals surface area contributed by atoms with E-state index in [9.17, 15) is 9.90 Å². The molecule has 0 radical (unpaired) electrons. The van der Waals surface area contributed by atoms with E-state index in [4.69, 9.17) is 0 Å². The van der Waals surface area contributed by atoms with Crippen molar-refractivity contribution in [3.05, 3.63) is 59.2 Å². The number of hydrogen-bond acceptors (Lipinski definition) is 4. The zero-order valence-electron chi connectivity index (χ0n) is 11.3. The van der Waals surface area contributed by atoms with E-state index in [0.717, 1.165) is 16.7 Å². The number of thiazole rings is 1. The number of hydrogen-bond donors (Lipinski definition) is 1. The number of carboxylic acids is 1. The Kier molecular flexibility index (Phi) is 3.50. The van der Waals surface area contributed by atoms with Crippen LogP contribution in [-0.2, 0) is 0 Å². The van der Waals surface area contributed by atoms with Gasteiger partial charge >= 0.3 is 5.97 Å². The van der Waals surface area contributed by atoms with E-state index < -0.39 is 5.97 Å². The number of carboxylic acid groups (broad SMARTS) is 1. The smallest absolute Gasteiger partial charge is 0.348 e. The van der Waals surface area contributed by atoms with E-state index >= 15 is 0 Å². The Bertz CT molecular complexity index is 797. The Hall–Kier alpha value is -2.53. The minimum atomic E-state index is -0.958. The van der Waals surface area contributed by atoms with Crippen molar-refractivity contribution < 1.29 is 9.90 Å². The van der Waals surface area contributed by atoms with Gasteiger partial charge in [-0.3, -0.25) is 4.98 Å². The summed E-state index contributed by atoms with van der Waals surface area (Å²) in [5.41, 5.74) is 3.19. The fourth-order valence-electron chi connectivity index (χ4n) is 2.10. The fraction of sp³-hybridized carbons (Fsp3) is 0.0625. The quantitative estimate of drug-likeness (QED) is 0.796. The van der Waals surface area contributed by atoms with Crippen molar-refractivity contribution in [3.63, 3.8) is 0 Å². The number of carbonyl (C=O) groups is 1. The molecule has 3 aromatic rings. The van der Waals surface area contributed by atoms with Crippen molar-refractivity contribution in [2.24, 2.45) is 0 Å². The van der Waals surface area contributed by atoms with Crippen LogP contribution in [-0.4, -0.2) is 21.0 Å². The molecule has 0 atom stereocenters. The number of rotatable bonds is 3. The first-order valence-corrected chi connectivity index (χ1v) is 7.19. The molecular weight excluding hydrogens is 284 g/mol. The summed E-state index contributed by atoms with van der Waals surface area (Å²) in [5, 5.41) is 10.1. The number of benzene rings is 1. The molecule has 104 valence electrons. The highest BCUT2D eigenvalue weighted by Crippen LogP contribution is 2.34. The molecule has 0 amide bonds. The van der Waals surface area contributed by atoms with Gasteiger partial charge in [0.1, 0.15) is 9.88 Å². The molecule has 0 aliphatic rings. The molecule has 0 bridgehead atoms. The van der Waals surface area contributed by atoms with E-state index in [2.05, 4.69) is 9.97 Å². The Balaban J connectivity index is 2.19. The Morgan fingerprint density at radius 1 is 1.19 bits per heavy atom. The number of aryl methyl sites for hydroxylation is 1. The molecule has 0 unspecified atom stereocenters. The molecule has 5 heteroatoms. The SMILES string of the molecule is Cc1ccccc1-c1nc(-c2cccnc2)sc1C(=O)O. The minimum Gasteiger partial charge on any atom is -0.477 e. The first kappa shape index (κ1) is 13.5. The van der Waals surface area contributed by atoms with Crippen molar-refractivity contribution in [1.29, 1.82) is 0 Å². The summed E-state index contributed by atoms with van der Waals surface area (Å²) in [6, 6.07) is 11.3. The average molecular weight is 296 g/mol. The van der Waals surface area contributed by atoms with Gasteiger partial charge in [-0.2, -0.15) is 0 Å². The summed E-state index contributed by atoms with van der Waals surface area (Å²) in [6.07, 6.45) is 3.36. The van der Waals surface area contributed by atoms with Crippen molar-refractivity contribution in [1.82, 2.24) is 9.97 Å². The molecule has 4 nitrogen and oxygen atoms in total. The van der Waals surface area contributed by atoms with E-state index in [0.29, 0.717) is 10.7 Å². The predicted molar refractivity (Wildman–Crippen MR) is 82.5 cm³/mol. The van der Waals surface area contributed by atoms with Crippen LogP contribution in [0.1, 0.15) is 15.2 Å². The normalized spacial score (nSPS) is 10.5. The molecule has 1 aromatic carbocycles. The van der Waals surface area contributed by atoms with Gasteiger partial charge in [0, 0.05) is 23.5 Å². The first-order chi connectivity index (χ1) is 10.2. The maximum atomic E-state index is 11.5. The van der Waals surface area contributed by atoms with Gasteiger partial charge in [-0.15, -0.1) is 11.3 Å². The van der Waals surface area contributed by atoms with E-state index in [1.165, 1.54) is 11.3 Å². The molecule has 2 aromatic heterocycles. The Morgan fingerprint density at radius 3 is 2.67 bits per heavy atom. The number of nitrogens with zero attached hydrogens (tertiary/aromatic N) is 2. The van der Waals surface area contributed by atoms with Crippen LogP contribution in [0, 0.1) is 6.92 Å². The van der Waals surface area contributed by atoms with Gasteiger partial charge in [0.05, 0.1) is 5.69 Å². The van der Waals surface area contributed by atoms with E-state index in [1.54, 1.807) is 12.4 Å². The lowest BCUT2D eigenvalue weighted by Crippen LogP contribution is -1.96. The Morgan fingerprint density at radius 2 is 2.00 bits per heavy atom. The topological polar surface area (TPSA) is 63.1 Å². The summed E-state index contributed by atoms with van der Waals surface area (Å²) in [5.74, 6) is -0.958. The third-order valence-corrected chi connectivity index (χ3v) is 4.22. The molecule has 21 heavy (non-hydrogen) atoms. The summed E-state index contributed by atoms with van der Waals surface area (Å²) in [6.45, 7) is 1.95. The highest BCUT2D eigenvalue weighted by Gasteiger charge is 2.20. The van der Waals surface area contributed by atoms with Gasteiger partial charge in [-0.25, -0.2) is 9.78 Å². The van der Waals surface area contributed by atoms with Crippen LogP contribution < -0.4 is 0 Å². The summed E-state index contributed by atoms with van der Waals surface area (Å²) >= 11 is 1.17. The van der Waals surface area contributed by atoms with Crippen LogP contribution in [0.4, 0.5) is 0 Å². The molecule has 0 fully saturated rings. The van der Waals surface area contributed by atoms with Gasteiger partial charge in [-0.1, -0.05) is 24.3 Å². The predicted octanol–water partition coefficient (Wildman–Crippen LogP) is 3.88. The highest BCUT2D eigenvalue weighted by molar-refractivity contribution is 7.17. The van der Waals surface area contributed by atoms with Crippen molar-refractivity contribution in [2.45, 2.75) is 6.92 Å². The fourth-order valence-corrected chi connectivity index (χ4v) is 3.01. The second kappa shape index (κ2) is 5.46. The second-order valence-corrected chi connectivity index (χ2v) is 5.56. The van der Waals surface area contributed by atoms with Crippen LogP contribution in [0.25, 0.3) is 21.8 Å². The second-order valence-electron chi connectivity index (χ2n) is 4.56. The summed E-state index contributed by atoms with van der Waals surface area (Å²) in [4.78, 5) is 20.3. The number of pyridine rings is 1. The monoisotopic (exact) mass is 296 g/mol. The first-order valence-electron chi connectivity index (χ1n) is 6.37. The zero-order chi connectivity index (χ0) is 14.8. The van der Waals surface area contributed by atoms with Crippen LogP contribution in [0.2, 0.25) is 0 Å². The summed E-state index contributed by atoms with van der Waals surface area (Å²) in [7, 11) is 0. The molecule has 1 N–H and O–H groups in total. The van der Waals surface area contributed by atoms with E-state index in [-0.39, 0.29) is 4.88 Å². The van der Waals surface area contributed by atoms with Crippen LogP contribution in [0.5, 0.6) is 0 Å². The molecule has 0 spiro atoms. The van der Waals surface area contributed by atoms with Crippen molar-refractivity contribution in [3.8, 4) is 21.8 Å². The molecule has 0 aliphatic carbocycles. The highest BCUT2D eigenvalue weighted by atomic mass is 32.1. The molecule has 0 saturated heterocycles. The lowest BCUT2D eigenvalue weighted by molar-refractivity contribution is 0.0702. The van der Waals surface area contributed by atoms with Crippen LogP contribution in [0.3, 0.4) is 0 Å². The van der Waals surface area contributed by atoms with E-state index in [1.807, 2.05) is 43.3 Å². The lowest BCUT2D eigenvalue weighted by Gasteiger charge is -2.02. The maximum Gasteiger partial charge on any atom is 0.348 e. The van der Waals surface area contributed by atoms with Crippen LogP contribution in [0.15, 0.2) is 48.8 Å². The largest absolute Gasteiger partial charge is 0.477 e. The van der Waals surface area contributed by atoms with Crippen LogP contribution >= 0.6 is 11.3 Å². The molecule has 0 saturated carbocycles. The number of aromatic carboxylic acids is 1. The molecule has 3 rings (SSSR count). The molecule has 0 aliphatic heterocycles. The molecular formula is C16H12N2O2S. The maximum absolute atomic E-state index is 11.5. The zero-order valence-corrected chi connectivity index (χ0v) is 12.1. The van der Waals surface area contributed by atoms with Crippen molar-refractivity contribution >= 4 is 17.3 Å². The van der Waals surface area contributed by atoms with Gasteiger partial charge in [0.15, 0.2) is 0 Å².